The summed E-state index contributed by atoms with van der Waals surface area (Å²) in [5, 5.41) is 0. The number of rotatable bonds is 5. The van der Waals surface area contributed by atoms with Crippen LogP contribution in [0.25, 0.3) is 0 Å². The van der Waals surface area contributed by atoms with Crippen LogP contribution in [0.3, 0.4) is 0 Å². The molecule has 19 heavy (non-hydrogen) atoms. The summed E-state index contributed by atoms with van der Waals surface area (Å²) in [6.45, 7) is 1.27. The minimum atomic E-state index is 0.0826. The molecule has 0 heterocycles. The Morgan fingerprint density at radius 1 is 1.42 bits per heavy atom. The lowest BCUT2D eigenvalue weighted by Crippen LogP contribution is -2.42. The summed E-state index contributed by atoms with van der Waals surface area (Å²) < 4.78 is 1.05. The maximum Gasteiger partial charge on any atom is 0.223 e. The average Bonchev–Trinajstić information content (AvgIpc) is 2.36. The lowest BCUT2D eigenvalue weighted by molar-refractivity contribution is -0.134. The zero-order valence-electron chi connectivity index (χ0n) is 11.4. The number of nitrogens with two attached hydrogens (primary N) is 1. The predicted molar refractivity (Wildman–Crippen MR) is 80.6 cm³/mol. The molecule has 1 aliphatic rings. The Kier molecular flexibility index (Phi) is 4.63. The van der Waals surface area contributed by atoms with E-state index in [0.29, 0.717) is 19.5 Å². The van der Waals surface area contributed by atoms with Crippen molar-refractivity contribution in [3.8, 4) is 0 Å². The molecule has 0 atom stereocenters. The number of halogens is 1. The highest BCUT2D eigenvalue weighted by atomic mass is 79.9. The molecule has 0 aliphatic heterocycles. The summed E-state index contributed by atoms with van der Waals surface area (Å²) in [6.07, 6.45) is 3.99. The fraction of sp³-hybridized carbons (Fsp3) is 0.533. The zero-order valence-corrected chi connectivity index (χ0v) is 12.9. The summed E-state index contributed by atoms with van der Waals surface area (Å²) >= 11 is 3.52. The molecular weight excluding hydrogens is 304 g/mol. The van der Waals surface area contributed by atoms with Crippen LogP contribution in [0.4, 0.5) is 0 Å². The van der Waals surface area contributed by atoms with Crippen molar-refractivity contribution in [2.45, 2.75) is 32.2 Å². The first-order chi connectivity index (χ1) is 9.06. The summed E-state index contributed by atoms with van der Waals surface area (Å²) in [5.41, 5.74) is 7.03. The molecule has 1 aliphatic carbocycles. The van der Waals surface area contributed by atoms with Crippen molar-refractivity contribution in [3.63, 3.8) is 0 Å². The highest BCUT2D eigenvalue weighted by Gasteiger charge is 2.38. The van der Waals surface area contributed by atoms with Gasteiger partial charge in [0, 0.05) is 24.5 Å². The van der Waals surface area contributed by atoms with Crippen molar-refractivity contribution in [2.75, 3.05) is 13.6 Å². The van der Waals surface area contributed by atoms with E-state index in [1.165, 1.54) is 6.42 Å². The molecule has 104 valence electrons. The largest absolute Gasteiger partial charge is 0.341 e. The smallest absolute Gasteiger partial charge is 0.223 e. The van der Waals surface area contributed by atoms with E-state index in [-0.39, 0.29) is 11.3 Å². The van der Waals surface area contributed by atoms with Gasteiger partial charge in [0.15, 0.2) is 0 Å². The maximum absolute atomic E-state index is 12.3. The summed E-state index contributed by atoms with van der Waals surface area (Å²) in [5.74, 6) is 0.195. The van der Waals surface area contributed by atoms with Crippen molar-refractivity contribution in [1.29, 1.82) is 0 Å². The van der Waals surface area contributed by atoms with Crippen LogP contribution >= 0.6 is 15.9 Å². The van der Waals surface area contributed by atoms with Crippen LogP contribution in [0, 0.1) is 5.41 Å². The molecule has 0 aromatic heterocycles. The van der Waals surface area contributed by atoms with E-state index in [9.17, 15) is 4.79 Å². The first kappa shape index (κ1) is 14.5. The molecule has 1 aromatic carbocycles. The van der Waals surface area contributed by atoms with Gasteiger partial charge in [0.25, 0.3) is 0 Å². The summed E-state index contributed by atoms with van der Waals surface area (Å²) in [4.78, 5) is 14.1. The normalized spacial score (nSPS) is 16.8. The topological polar surface area (TPSA) is 46.3 Å². The second-order valence-electron chi connectivity index (χ2n) is 5.58. The van der Waals surface area contributed by atoms with Crippen molar-refractivity contribution >= 4 is 21.8 Å². The monoisotopic (exact) mass is 324 g/mol. The number of carbonyl (C=O) groups excluding carboxylic acids is 1. The van der Waals surface area contributed by atoms with Gasteiger partial charge in [-0.05, 0) is 36.4 Å². The van der Waals surface area contributed by atoms with Crippen LogP contribution in [0.5, 0.6) is 0 Å². The quantitative estimate of drug-likeness (QED) is 0.905. The Hall–Kier alpha value is -0.870. The number of nitrogens with zero attached hydrogens (tertiary/aromatic N) is 1. The Morgan fingerprint density at radius 2 is 2.11 bits per heavy atom. The fourth-order valence-corrected chi connectivity index (χ4v) is 2.97. The van der Waals surface area contributed by atoms with Crippen LogP contribution in [-0.2, 0) is 11.3 Å². The molecule has 0 bridgehead atoms. The van der Waals surface area contributed by atoms with E-state index in [1.807, 2.05) is 31.3 Å². The first-order valence-electron chi connectivity index (χ1n) is 6.74. The lowest BCUT2D eigenvalue weighted by atomic mass is 9.66. The van der Waals surface area contributed by atoms with Crippen LogP contribution in [0.2, 0.25) is 0 Å². The van der Waals surface area contributed by atoms with Gasteiger partial charge in [-0.3, -0.25) is 4.79 Å². The minimum Gasteiger partial charge on any atom is -0.341 e. The van der Waals surface area contributed by atoms with Gasteiger partial charge in [-0.1, -0.05) is 40.5 Å². The number of carbonyl (C=O) groups is 1. The SMILES string of the molecule is CN(Cc1ccccc1Br)C(=O)CC1(CN)CCC1. The van der Waals surface area contributed by atoms with Gasteiger partial charge in [0.2, 0.25) is 5.91 Å². The van der Waals surface area contributed by atoms with Gasteiger partial charge in [0.1, 0.15) is 0 Å². The molecule has 1 fully saturated rings. The summed E-state index contributed by atoms with van der Waals surface area (Å²) in [7, 11) is 1.87. The van der Waals surface area contributed by atoms with E-state index < -0.39 is 0 Å². The second-order valence-corrected chi connectivity index (χ2v) is 6.43. The Labute approximate surface area is 123 Å². The van der Waals surface area contributed by atoms with Gasteiger partial charge in [-0.15, -0.1) is 0 Å². The zero-order chi connectivity index (χ0) is 13.9. The van der Waals surface area contributed by atoms with Crippen LogP contribution < -0.4 is 5.73 Å². The molecular formula is C15H21BrN2O. The summed E-state index contributed by atoms with van der Waals surface area (Å²) in [6, 6.07) is 8.01. The number of hydrogen-bond acceptors (Lipinski definition) is 2. The van der Waals surface area contributed by atoms with Crippen molar-refractivity contribution in [3.05, 3.63) is 34.3 Å². The van der Waals surface area contributed by atoms with E-state index in [2.05, 4.69) is 15.9 Å². The lowest BCUT2D eigenvalue weighted by Gasteiger charge is -2.41. The molecule has 4 heteroatoms. The molecule has 0 saturated heterocycles. The standard InChI is InChI=1S/C15H21BrN2O/c1-18(10-12-5-2-3-6-13(12)16)14(19)9-15(11-17)7-4-8-15/h2-3,5-6H,4,7-11,17H2,1H3. The molecule has 3 nitrogen and oxygen atoms in total. The maximum atomic E-state index is 12.3. The molecule has 0 radical (unpaired) electrons. The van der Waals surface area contributed by atoms with E-state index >= 15 is 0 Å². The highest BCUT2D eigenvalue weighted by molar-refractivity contribution is 9.10. The first-order valence-corrected chi connectivity index (χ1v) is 7.53. The van der Waals surface area contributed by atoms with E-state index in [1.54, 1.807) is 4.90 Å². The number of benzene rings is 1. The van der Waals surface area contributed by atoms with Crippen molar-refractivity contribution < 1.29 is 4.79 Å². The van der Waals surface area contributed by atoms with Gasteiger partial charge < -0.3 is 10.6 Å². The Bertz CT molecular complexity index is 452. The molecule has 1 saturated carbocycles. The van der Waals surface area contributed by atoms with Crippen LogP contribution in [-0.4, -0.2) is 24.4 Å². The van der Waals surface area contributed by atoms with Gasteiger partial charge >= 0.3 is 0 Å². The Morgan fingerprint density at radius 3 is 2.63 bits per heavy atom. The Balaban J connectivity index is 1.94. The molecule has 2 rings (SSSR count). The van der Waals surface area contributed by atoms with Crippen molar-refractivity contribution in [1.82, 2.24) is 4.90 Å². The van der Waals surface area contributed by atoms with E-state index in [0.717, 1.165) is 22.9 Å². The molecule has 1 aromatic rings. The van der Waals surface area contributed by atoms with Gasteiger partial charge in [0.05, 0.1) is 0 Å². The third kappa shape index (κ3) is 3.37. The van der Waals surface area contributed by atoms with Gasteiger partial charge in [-0.25, -0.2) is 0 Å². The predicted octanol–water partition coefficient (Wildman–Crippen LogP) is 2.93. The number of hydrogen-bond donors (Lipinski definition) is 1. The van der Waals surface area contributed by atoms with Crippen LogP contribution in [0.1, 0.15) is 31.2 Å². The third-order valence-electron chi connectivity index (χ3n) is 4.16. The van der Waals surface area contributed by atoms with Crippen molar-refractivity contribution in [2.24, 2.45) is 11.1 Å². The minimum absolute atomic E-state index is 0.0826. The number of amides is 1. The molecule has 1 amide bonds. The van der Waals surface area contributed by atoms with Gasteiger partial charge in [-0.2, -0.15) is 0 Å². The molecule has 2 N–H and O–H groups in total. The third-order valence-corrected chi connectivity index (χ3v) is 4.94. The fourth-order valence-electron chi connectivity index (χ4n) is 2.56. The molecule has 0 spiro atoms. The van der Waals surface area contributed by atoms with E-state index in [4.69, 9.17) is 5.73 Å². The second kappa shape index (κ2) is 6.06. The average molecular weight is 325 g/mol. The molecule has 0 unspecified atom stereocenters. The van der Waals surface area contributed by atoms with Crippen LogP contribution in [0.15, 0.2) is 28.7 Å². The highest BCUT2D eigenvalue weighted by Crippen LogP contribution is 2.43.